The second kappa shape index (κ2) is 15.4. The predicted molar refractivity (Wildman–Crippen MR) is 171 cm³/mol. The molecule has 0 aliphatic carbocycles. The van der Waals surface area contributed by atoms with E-state index >= 15 is 0 Å². The van der Waals surface area contributed by atoms with Gasteiger partial charge in [-0.2, -0.15) is 5.10 Å². The summed E-state index contributed by atoms with van der Waals surface area (Å²) in [6.07, 6.45) is 1.41. The summed E-state index contributed by atoms with van der Waals surface area (Å²) in [6, 6.07) is 28.7. The lowest BCUT2D eigenvalue weighted by Gasteiger charge is -2.24. The molecule has 11 nitrogen and oxygen atoms in total. The van der Waals surface area contributed by atoms with Crippen LogP contribution in [0.25, 0.3) is 0 Å². The van der Waals surface area contributed by atoms with E-state index in [-0.39, 0.29) is 29.2 Å². The molecular formula is C33H34N4O7S. The molecule has 0 saturated carbocycles. The number of benzene rings is 4. The lowest BCUT2D eigenvalue weighted by atomic mass is 10.1. The molecule has 2 N–H and O–H groups in total. The zero-order chi connectivity index (χ0) is 32.2. The van der Waals surface area contributed by atoms with E-state index in [1.54, 1.807) is 54.6 Å². The SMILES string of the molecule is COc1ccc(S(=O)(=O)N(CC(=O)N/N=C\c2ccc(OCC(=O)N[C@@H](C)c3ccccc3)cc2)c2ccccc2)cc1OC. The molecule has 234 valence electrons. The van der Waals surface area contributed by atoms with Gasteiger partial charge in [0.05, 0.1) is 37.1 Å². The number of nitrogens with zero attached hydrogens (tertiary/aromatic N) is 2. The van der Waals surface area contributed by atoms with Crippen molar-refractivity contribution in [3.05, 3.63) is 114 Å². The number of hydrogen-bond donors (Lipinski definition) is 2. The van der Waals surface area contributed by atoms with Crippen LogP contribution in [0, 0.1) is 0 Å². The highest BCUT2D eigenvalue weighted by Gasteiger charge is 2.28. The van der Waals surface area contributed by atoms with Crippen molar-refractivity contribution in [3.8, 4) is 17.2 Å². The Morgan fingerprint density at radius 2 is 1.49 bits per heavy atom. The van der Waals surface area contributed by atoms with Crippen LogP contribution in [-0.2, 0) is 19.6 Å². The highest BCUT2D eigenvalue weighted by Crippen LogP contribution is 2.32. The predicted octanol–water partition coefficient (Wildman–Crippen LogP) is 4.31. The summed E-state index contributed by atoms with van der Waals surface area (Å²) in [4.78, 5) is 25.1. The van der Waals surface area contributed by atoms with E-state index in [4.69, 9.17) is 14.2 Å². The lowest BCUT2D eigenvalue weighted by molar-refractivity contribution is -0.123. The molecule has 0 spiro atoms. The number of rotatable bonds is 14. The van der Waals surface area contributed by atoms with E-state index in [9.17, 15) is 18.0 Å². The molecule has 4 aromatic carbocycles. The number of sulfonamides is 1. The van der Waals surface area contributed by atoms with Crippen LogP contribution in [0.3, 0.4) is 0 Å². The van der Waals surface area contributed by atoms with E-state index < -0.39 is 22.5 Å². The van der Waals surface area contributed by atoms with E-state index in [1.807, 2.05) is 37.3 Å². The van der Waals surface area contributed by atoms with Crippen molar-refractivity contribution >= 4 is 33.7 Å². The Morgan fingerprint density at radius 3 is 2.13 bits per heavy atom. The van der Waals surface area contributed by atoms with Crippen molar-refractivity contribution in [2.45, 2.75) is 17.9 Å². The molecule has 4 rings (SSSR count). The van der Waals surface area contributed by atoms with Crippen molar-refractivity contribution in [2.24, 2.45) is 5.10 Å². The van der Waals surface area contributed by atoms with Gasteiger partial charge in [0.2, 0.25) is 0 Å². The summed E-state index contributed by atoms with van der Waals surface area (Å²) >= 11 is 0. The molecule has 0 bridgehead atoms. The molecule has 12 heteroatoms. The van der Waals surface area contributed by atoms with Gasteiger partial charge in [0.15, 0.2) is 18.1 Å². The topological polar surface area (TPSA) is 136 Å². The van der Waals surface area contributed by atoms with Crippen molar-refractivity contribution in [2.75, 3.05) is 31.7 Å². The third-order valence-corrected chi connectivity index (χ3v) is 8.37. The van der Waals surface area contributed by atoms with Crippen LogP contribution in [0.4, 0.5) is 5.69 Å². The number of hydrazone groups is 1. The van der Waals surface area contributed by atoms with Crippen LogP contribution in [-0.4, -0.2) is 53.8 Å². The lowest BCUT2D eigenvalue weighted by Crippen LogP contribution is -2.39. The maximum absolute atomic E-state index is 13.7. The maximum atomic E-state index is 13.7. The standard InChI is InChI=1S/C33H34N4O7S/c1-24(26-10-6-4-7-11-26)35-33(39)23-44-28-16-14-25(15-17-28)21-34-36-32(38)22-37(27-12-8-5-9-13-27)45(40,41)29-18-19-30(42-2)31(20-29)43-3/h4-21,24H,22-23H2,1-3H3,(H,35,39)(H,36,38)/b34-21-/t24-/m0/s1. The highest BCUT2D eigenvalue weighted by atomic mass is 32.2. The number of carbonyl (C=O) groups excluding carboxylic acids is 2. The van der Waals surface area contributed by atoms with Gasteiger partial charge in [0, 0.05) is 6.07 Å². The monoisotopic (exact) mass is 630 g/mol. The average molecular weight is 631 g/mol. The largest absolute Gasteiger partial charge is 0.493 e. The van der Waals surface area contributed by atoms with Crippen molar-refractivity contribution in [3.63, 3.8) is 0 Å². The summed E-state index contributed by atoms with van der Waals surface area (Å²) in [5, 5.41) is 6.86. The molecule has 0 aromatic heterocycles. The average Bonchev–Trinajstić information content (AvgIpc) is 3.07. The van der Waals surface area contributed by atoms with Gasteiger partial charge in [-0.05, 0) is 66.6 Å². The quantitative estimate of drug-likeness (QED) is 0.157. The van der Waals surface area contributed by atoms with Crippen LogP contribution in [0.1, 0.15) is 24.1 Å². The second-order valence-corrected chi connectivity index (χ2v) is 11.6. The minimum atomic E-state index is -4.18. The van der Waals surface area contributed by atoms with Gasteiger partial charge in [-0.3, -0.25) is 13.9 Å². The van der Waals surface area contributed by atoms with E-state index in [0.29, 0.717) is 22.7 Å². The summed E-state index contributed by atoms with van der Waals surface area (Å²) in [6.45, 7) is 1.22. The van der Waals surface area contributed by atoms with Gasteiger partial charge < -0.3 is 19.5 Å². The molecule has 0 saturated heterocycles. The Labute approximate surface area is 262 Å². The first-order valence-corrected chi connectivity index (χ1v) is 15.3. The molecular weight excluding hydrogens is 596 g/mol. The van der Waals surface area contributed by atoms with E-state index in [0.717, 1.165) is 9.87 Å². The Balaban J connectivity index is 1.35. The number of methoxy groups -OCH3 is 2. The fourth-order valence-electron chi connectivity index (χ4n) is 4.27. The number of hydrogen-bond acceptors (Lipinski definition) is 8. The van der Waals surface area contributed by atoms with Crippen LogP contribution >= 0.6 is 0 Å². The molecule has 4 aromatic rings. The first kappa shape index (κ1) is 32.6. The molecule has 1 atom stereocenters. The minimum absolute atomic E-state index is 0.0780. The van der Waals surface area contributed by atoms with Crippen LogP contribution in [0.5, 0.6) is 17.2 Å². The van der Waals surface area contributed by atoms with Crippen LogP contribution in [0.15, 0.2) is 113 Å². The molecule has 0 heterocycles. The maximum Gasteiger partial charge on any atom is 0.264 e. The zero-order valence-electron chi connectivity index (χ0n) is 25.0. The van der Waals surface area contributed by atoms with Gasteiger partial charge in [-0.1, -0.05) is 48.5 Å². The molecule has 0 aliphatic rings. The highest BCUT2D eigenvalue weighted by molar-refractivity contribution is 7.92. The first-order valence-electron chi connectivity index (χ1n) is 13.9. The number of anilines is 1. The van der Waals surface area contributed by atoms with E-state index in [1.165, 1.54) is 38.6 Å². The van der Waals surface area contributed by atoms with Crippen molar-refractivity contribution in [1.29, 1.82) is 0 Å². The van der Waals surface area contributed by atoms with E-state index in [2.05, 4.69) is 15.8 Å². The molecule has 0 unspecified atom stereocenters. The third kappa shape index (κ3) is 8.83. The third-order valence-electron chi connectivity index (χ3n) is 6.60. The number of carbonyl (C=O) groups is 2. The van der Waals surface area contributed by atoms with Crippen LogP contribution in [0.2, 0.25) is 0 Å². The second-order valence-electron chi connectivity index (χ2n) is 9.71. The molecule has 0 radical (unpaired) electrons. The molecule has 2 amide bonds. The van der Waals surface area contributed by atoms with Crippen LogP contribution < -0.4 is 29.3 Å². The number of para-hydroxylation sites is 1. The van der Waals surface area contributed by atoms with Crippen molar-refractivity contribution in [1.82, 2.24) is 10.7 Å². The fraction of sp³-hybridized carbons (Fsp3) is 0.182. The fourth-order valence-corrected chi connectivity index (χ4v) is 5.70. The van der Waals surface area contributed by atoms with Crippen molar-refractivity contribution < 1.29 is 32.2 Å². The molecule has 45 heavy (non-hydrogen) atoms. The smallest absolute Gasteiger partial charge is 0.264 e. The minimum Gasteiger partial charge on any atom is -0.493 e. The number of nitrogens with one attached hydrogen (secondary N) is 2. The summed E-state index contributed by atoms with van der Waals surface area (Å²) in [7, 11) is -1.32. The van der Waals surface area contributed by atoms with Gasteiger partial charge in [0.1, 0.15) is 12.3 Å². The zero-order valence-corrected chi connectivity index (χ0v) is 25.9. The molecule has 0 aliphatic heterocycles. The molecule has 0 fully saturated rings. The summed E-state index contributed by atoms with van der Waals surface area (Å²) in [5.41, 5.74) is 4.31. The van der Waals surface area contributed by atoms with Gasteiger partial charge in [-0.25, -0.2) is 13.8 Å². The number of ether oxygens (including phenoxy) is 3. The Kier molecular flexibility index (Phi) is 11.1. The normalized spacial score (nSPS) is 11.8. The van der Waals surface area contributed by atoms with Gasteiger partial charge >= 0.3 is 0 Å². The number of amides is 2. The van der Waals surface area contributed by atoms with Gasteiger partial charge in [0.25, 0.3) is 21.8 Å². The summed E-state index contributed by atoms with van der Waals surface area (Å²) < 4.78 is 44.3. The summed E-state index contributed by atoms with van der Waals surface area (Å²) in [5.74, 6) is 0.177. The Morgan fingerprint density at radius 1 is 0.844 bits per heavy atom. The first-order chi connectivity index (χ1) is 21.7. The Hall–Kier alpha value is -5.36. The Bertz CT molecular complexity index is 1720. The van der Waals surface area contributed by atoms with Gasteiger partial charge in [-0.15, -0.1) is 0 Å².